The summed E-state index contributed by atoms with van der Waals surface area (Å²) in [6, 6.07) is 12.2. The highest BCUT2D eigenvalue weighted by Gasteiger charge is 2.07. The summed E-state index contributed by atoms with van der Waals surface area (Å²) in [5.41, 5.74) is 10.9. The third-order valence-corrected chi connectivity index (χ3v) is 3.48. The molecule has 104 valence electrons. The third kappa shape index (κ3) is 3.33. The standard InChI is InChI=1S/C16H19N3S/c1-11-9-14(7-8-15(11)16(17)20)19(3)10-13-6-4-5-12(2)18-13/h4-9H,10H2,1-3H3,(H2,17,20). The van der Waals surface area contributed by atoms with E-state index in [-0.39, 0.29) is 0 Å². The van der Waals surface area contributed by atoms with Gasteiger partial charge in [0.1, 0.15) is 4.99 Å². The van der Waals surface area contributed by atoms with Gasteiger partial charge in [-0.3, -0.25) is 4.98 Å². The molecule has 0 unspecified atom stereocenters. The summed E-state index contributed by atoms with van der Waals surface area (Å²) < 4.78 is 0. The van der Waals surface area contributed by atoms with Crippen LogP contribution in [-0.4, -0.2) is 17.0 Å². The number of aryl methyl sites for hydroxylation is 2. The summed E-state index contributed by atoms with van der Waals surface area (Å²) in [4.78, 5) is 7.13. The Morgan fingerprint density at radius 2 is 2.00 bits per heavy atom. The second kappa shape index (κ2) is 6.01. The highest BCUT2D eigenvalue weighted by Crippen LogP contribution is 2.19. The van der Waals surface area contributed by atoms with Crippen molar-refractivity contribution >= 4 is 22.9 Å². The summed E-state index contributed by atoms with van der Waals surface area (Å²) in [5, 5.41) is 0. The monoisotopic (exact) mass is 285 g/mol. The predicted molar refractivity (Wildman–Crippen MR) is 88.1 cm³/mol. The Morgan fingerprint density at radius 3 is 2.60 bits per heavy atom. The molecule has 3 nitrogen and oxygen atoms in total. The first-order chi connectivity index (χ1) is 9.47. The summed E-state index contributed by atoms with van der Waals surface area (Å²) >= 11 is 5.03. The van der Waals surface area contributed by atoms with Gasteiger partial charge in [-0.15, -0.1) is 0 Å². The summed E-state index contributed by atoms with van der Waals surface area (Å²) in [6.45, 7) is 4.80. The van der Waals surface area contributed by atoms with E-state index in [0.717, 1.165) is 34.7 Å². The molecule has 2 rings (SSSR count). The van der Waals surface area contributed by atoms with Crippen LogP contribution in [0, 0.1) is 13.8 Å². The van der Waals surface area contributed by atoms with Crippen molar-refractivity contribution in [3.8, 4) is 0 Å². The zero-order valence-corrected chi connectivity index (χ0v) is 12.9. The van der Waals surface area contributed by atoms with Crippen LogP contribution in [0.2, 0.25) is 0 Å². The van der Waals surface area contributed by atoms with E-state index in [1.807, 2.05) is 44.2 Å². The Labute approximate surface area is 125 Å². The van der Waals surface area contributed by atoms with Crippen LogP contribution in [-0.2, 0) is 6.54 Å². The van der Waals surface area contributed by atoms with E-state index in [0.29, 0.717) is 4.99 Å². The fraction of sp³-hybridized carbons (Fsp3) is 0.250. The number of pyridine rings is 1. The van der Waals surface area contributed by atoms with Crippen molar-refractivity contribution in [2.24, 2.45) is 5.73 Å². The zero-order valence-electron chi connectivity index (χ0n) is 12.1. The van der Waals surface area contributed by atoms with Crippen molar-refractivity contribution in [1.29, 1.82) is 0 Å². The Balaban J connectivity index is 2.19. The molecule has 20 heavy (non-hydrogen) atoms. The molecular weight excluding hydrogens is 266 g/mol. The van der Waals surface area contributed by atoms with Crippen molar-refractivity contribution in [1.82, 2.24) is 4.98 Å². The predicted octanol–water partition coefficient (Wildman–Crippen LogP) is 2.97. The SMILES string of the molecule is Cc1cccc(CN(C)c2ccc(C(N)=S)c(C)c2)n1. The zero-order chi connectivity index (χ0) is 14.7. The van der Waals surface area contributed by atoms with Gasteiger partial charge in [0.25, 0.3) is 0 Å². The third-order valence-electron chi connectivity index (χ3n) is 3.26. The maximum absolute atomic E-state index is 5.69. The molecule has 0 aliphatic rings. The first kappa shape index (κ1) is 14.5. The molecule has 0 radical (unpaired) electrons. The molecule has 0 saturated heterocycles. The lowest BCUT2D eigenvalue weighted by molar-refractivity contribution is 0.876. The smallest absolute Gasteiger partial charge is 0.104 e. The van der Waals surface area contributed by atoms with Crippen LogP contribution in [0.1, 0.15) is 22.5 Å². The first-order valence-electron chi connectivity index (χ1n) is 6.51. The number of rotatable bonds is 4. The second-order valence-electron chi connectivity index (χ2n) is 4.99. The Hall–Kier alpha value is -1.94. The fourth-order valence-electron chi connectivity index (χ4n) is 2.18. The molecule has 1 heterocycles. The van der Waals surface area contributed by atoms with Gasteiger partial charge in [-0.25, -0.2) is 0 Å². The lowest BCUT2D eigenvalue weighted by atomic mass is 10.1. The molecule has 1 aromatic heterocycles. The number of nitrogens with two attached hydrogens (primary N) is 1. The first-order valence-corrected chi connectivity index (χ1v) is 6.92. The molecule has 1 aromatic carbocycles. The normalized spacial score (nSPS) is 10.3. The van der Waals surface area contributed by atoms with Gasteiger partial charge in [-0.05, 0) is 49.7 Å². The van der Waals surface area contributed by atoms with Gasteiger partial charge in [-0.1, -0.05) is 18.3 Å². The van der Waals surface area contributed by atoms with Crippen LogP contribution in [0.3, 0.4) is 0 Å². The van der Waals surface area contributed by atoms with E-state index in [1.54, 1.807) is 0 Å². The van der Waals surface area contributed by atoms with Crippen molar-refractivity contribution in [2.45, 2.75) is 20.4 Å². The van der Waals surface area contributed by atoms with Crippen LogP contribution < -0.4 is 10.6 Å². The number of hydrogen-bond acceptors (Lipinski definition) is 3. The Bertz CT molecular complexity index is 637. The van der Waals surface area contributed by atoms with E-state index in [9.17, 15) is 0 Å². The molecule has 2 N–H and O–H groups in total. The summed E-state index contributed by atoms with van der Waals surface area (Å²) in [6.07, 6.45) is 0. The van der Waals surface area contributed by atoms with Crippen LogP contribution >= 0.6 is 12.2 Å². The minimum atomic E-state index is 0.442. The molecule has 2 aromatic rings. The maximum atomic E-state index is 5.69. The van der Waals surface area contributed by atoms with Gasteiger partial charge in [-0.2, -0.15) is 0 Å². The average Bonchev–Trinajstić information content (AvgIpc) is 2.38. The van der Waals surface area contributed by atoms with Crippen LogP contribution in [0.5, 0.6) is 0 Å². The van der Waals surface area contributed by atoms with Gasteiger partial charge in [0.2, 0.25) is 0 Å². The fourth-order valence-corrected chi connectivity index (χ4v) is 2.41. The van der Waals surface area contributed by atoms with Crippen molar-refractivity contribution in [3.05, 3.63) is 58.9 Å². The number of thiocarbonyl (C=S) groups is 1. The van der Waals surface area contributed by atoms with Gasteiger partial charge < -0.3 is 10.6 Å². The molecular formula is C16H19N3S. The minimum Gasteiger partial charge on any atom is -0.389 e. The van der Waals surface area contributed by atoms with E-state index >= 15 is 0 Å². The number of hydrogen-bond donors (Lipinski definition) is 1. The number of nitrogens with zero attached hydrogens (tertiary/aromatic N) is 2. The molecule has 0 fully saturated rings. The molecule has 0 aliphatic heterocycles. The summed E-state index contributed by atoms with van der Waals surface area (Å²) in [7, 11) is 2.05. The second-order valence-corrected chi connectivity index (χ2v) is 5.43. The topological polar surface area (TPSA) is 42.1 Å². The van der Waals surface area contributed by atoms with Crippen LogP contribution in [0.25, 0.3) is 0 Å². The quantitative estimate of drug-likeness (QED) is 0.877. The number of anilines is 1. The Kier molecular flexibility index (Phi) is 4.35. The highest BCUT2D eigenvalue weighted by molar-refractivity contribution is 7.80. The van der Waals surface area contributed by atoms with Crippen LogP contribution in [0.4, 0.5) is 5.69 Å². The summed E-state index contributed by atoms with van der Waals surface area (Å²) in [5.74, 6) is 0. The molecule has 0 spiro atoms. The molecule has 0 amide bonds. The molecule has 0 saturated carbocycles. The van der Waals surface area contributed by atoms with E-state index in [4.69, 9.17) is 18.0 Å². The molecule has 0 atom stereocenters. The van der Waals surface area contributed by atoms with Crippen molar-refractivity contribution in [3.63, 3.8) is 0 Å². The van der Waals surface area contributed by atoms with E-state index in [1.165, 1.54) is 0 Å². The highest BCUT2D eigenvalue weighted by atomic mass is 32.1. The van der Waals surface area contributed by atoms with Gasteiger partial charge in [0.15, 0.2) is 0 Å². The minimum absolute atomic E-state index is 0.442. The maximum Gasteiger partial charge on any atom is 0.104 e. The molecule has 0 bridgehead atoms. The van der Waals surface area contributed by atoms with Crippen LogP contribution in [0.15, 0.2) is 36.4 Å². The van der Waals surface area contributed by atoms with Crippen molar-refractivity contribution < 1.29 is 0 Å². The molecule has 4 heteroatoms. The molecule has 0 aliphatic carbocycles. The lowest BCUT2D eigenvalue weighted by Crippen LogP contribution is -2.18. The number of aromatic nitrogens is 1. The lowest BCUT2D eigenvalue weighted by Gasteiger charge is -2.20. The van der Waals surface area contributed by atoms with E-state index in [2.05, 4.69) is 23.0 Å². The van der Waals surface area contributed by atoms with Gasteiger partial charge >= 0.3 is 0 Å². The Morgan fingerprint density at radius 1 is 1.25 bits per heavy atom. The van der Waals surface area contributed by atoms with Gasteiger partial charge in [0.05, 0.1) is 12.2 Å². The van der Waals surface area contributed by atoms with Crippen molar-refractivity contribution in [2.75, 3.05) is 11.9 Å². The van der Waals surface area contributed by atoms with Gasteiger partial charge in [0, 0.05) is 24.0 Å². The average molecular weight is 285 g/mol. The number of benzene rings is 1. The largest absolute Gasteiger partial charge is 0.389 e. The van der Waals surface area contributed by atoms with E-state index < -0.39 is 0 Å².